The van der Waals surface area contributed by atoms with Gasteiger partial charge in [-0.1, -0.05) is 11.6 Å². The molecule has 1 aromatic carbocycles. The van der Waals surface area contributed by atoms with Crippen LogP contribution in [-0.4, -0.2) is 4.98 Å². The largest absolute Gasteiger partial charge is 0.486 e. The topological polar surface area (TPSA) is 22.1 Å². The van der Waals surface area contributed by atoms with Gasteiger partial charge in [0, 0.05) is 15.7 Å². The summed E-state index contributed by atoms with van der Waals surface area (Å²) < 4.78 is 5.75. The Morgan fingerprint density at radius 1 is 1.39 bits per heavy atom. The van der Waals surface area contributed by atoms with Gasteiger partial charge < -0.3 is 4.74 Å². The van der Waals surface area contributed by atoms with Crippen LogP contribution in [0.1, 0.15) is 21.1 Å². The molecule has 2 nitrogen and oxygen atoms in total. The first-order chi connectivity index (χ1) is 8.60. The maximum Gasteiger partial charge on any atom is 0.140 e. The van der Waals surface area contributed by atoms with Crippen LogP contribution in [-0.2, 0) is 12.4 Å². The van der Waals surface area contributed by atoms with Crippen molar-refractivity contribution in [3.05, 3.63) is 44.4 Å². The van der Waals surface area contributed by atoms with Gasteiger partial charge in [0.25, 0.3) is 0 Å². The lowest BCUT2D eigenvalue weighted by Gasteiger charge is -2.07. The summed E-state index contributed by atoms with van der Waals surface area (Å²) in [5.74, 6) is 1.57. The number of benzene rings is 1. The molecule has 2 rings (SSSR count). The van der Waals surface area contributed by atoms with Crippen LogP contribution in [0.2, 0.25) is 5.02 Å². The van der Waals surface area contributed by atoms with Gasteiger partial charge in [-0.15, -0.1) is 11.3 Å². The average molecular weight is 300 g/mol. The molecule has 2 aromatic rings. The minimum Gasteiger partial charge on any atom is -0.486 e. The minimum absolute atomic E-state index is 0.488. The van der Waals surface area contributed by atoms with Gasteiger partial charge in [0.2, 0.25) is 0 Å². The second kappa shape index (κ2) is 5.95. The van der Waals surface area contributed by atoms with Gasteiger partial charge in [-0.3, -0.25) is 0 Å². The number of halogens is 1. The van der Waals surface area contributed by atoms with E-state index in [1.54, 1.807) is 11.3 Å². The summed E-state index contributed by atoms with van der Waals surface area (Å²) in [6, 6.07) is 5.61. The molecule has 0 radical (unpaired) electrons. The third kappa shape index (κ3) is 3.19. The first kappa shape index (κ1) is 13.7. The molecule has 1 heterocycles. The van der Waals surface area contributed by atoms with Gasteiger partial charge in [-0.05, 0) is 37.6 Å². The van der Waals surface area contributed by atoms with Crippen molar-refractivity contribution in [2.24, 2.45) is 0 Å². The Balaban J connectivity index is 2.06. The highest BCUT2D eigenvalue weighted by molar-refractivity contribution is 7.79. The number of thiazole rings is 1. The van der Waals surface area contributed by atoms with E-state index in [2.05, 4.69) is 17.6 Å². The predicted octanol–water partition coefficient (Wildman–Crippen LogP) is 4.42. The lowest BCUT2D eigenvalue weighted by atomic mass is 10.2. The van der Waals surface area contributed by atoms with Crippen molar-refractivity contribution in [2.75, 3.05) is 0 Å². The molecular formula is C13H14ClNOS2. The fraction of sp³-hybridized carbons (Fsp3) is 0.308. The van der Waals surface area contributed by atoms with E-state index in [0.717, 1.165) is 32.8 Å². The molecule has 0 saturated heterocycles. The van der Waals surface area contributed by atoms with Gasteiger partial charge in [-0.2, -0.15) is 12.6 Å². The maximum absolute atomic E-state index is 5.90. The summed E-state index contributed by atoms with van der Waals surface area (Å²) in [4.78, 5) is 5.66. The standard InChI is InChI=1S/C13H14ClNOS2/c1-8-5-10(14)3-4-11(8)16-6-13-15-9(2)12(7-17)18-13/h3-5,17H,6-7H2,1-2H3. The lowest BCUT2D eigenvalue weighted by molar-refractivity contribution is 0.303. The van der Waals surface area contributed by atoms with Crippen LogP contribution in [0, 0.1) is 13.8 Å². The Morgan fingerprint density at radius 2 is 2.17 bits per heavy atom. The van der Waals surface area contributed by atoms with Crippen molar-refractivity contribution in [1.82, 2.24) is 4.98 Å². The van der Waals surface area contributed by atoms with Crippen molar-refractivity contribution in [3.63, 3.8) is 0 Å². The van der Waals surface area contributed by atoms with E-state index in [1.807, 2.05) is 32.0 Å². The molecule has 96 valence electrons. The van der Waals surface area contributed by atoms with E-state index >= 15 is 0 Å². The van der Waals surface area contributed by atoms with Crippen LogP contribution in [0.4, 0.5) is 0 Å². The molecule has 0 aliphatic rings. The molecule has 0 aliphatic heterocycles. The summed E-state index contributed by atoms with van der Waals surface area (Å²) in [5, 5.41) is 1.70. The zero-order valence-corrected chi connectivity index (χ0v) is 12.7. The van der Waals surface area contributed by atoms with Crippen LogP contribution in [0.3, 0.4) is 0 Å². The smallest absolute Gasteiger partial charge is 0.140 e. The Morgan fingerprint density at radius 3 is 2.78 bits per heavy atom. The molecule has 0 bridgehead atoms. The molecule has 0 spiro atoms. The molecule has 18 heavy (non-hydrogen) atoms. The summed E-state index contributed by atoms with van der Waals surface area (Å²) in [5.41, 5.74) is 2.08. The third-order valence-corrected chi connectivity index (χ3v) is 4.46. The number of nitrogens with zero attached hydrogens (tertiary/aromatic N) is 1. The van der Waals surface area contributed by atoms with E-state index in [0.29, 0.717) is 6.61 Å². The number of hydrogen-bond donors (Lipinski definition) is 1. The van der Waals surface area contributed by atoms with E-state index in [9.17, 15) is 0 Å². The zero-order chi connectivity index (χ0) is 13.1. The van der Waals surface area contributed by atoms with E-state index in [1.165, 1.54) is 4.88 Å². The Hall–Kier alpha value is -0.710. The van der Waals surface area contributed by atoms with Crippen LogP contribution in [0.15, 0.2) is 18.2 Å². The molecule has 5 heteroatoms. The first-order valence-corrected chi connectivity index (χ1v) is 7.38. The van der Waals surface area contributed by atoms with Crippen molar-refractivity contribution in [2.45, 2.75) is 26.2 Å². The molecule has 0 unspecified atom stereocenters. The highest BCUT2D eigenvalue weighted by atomic mass is 35.5. The van der Waals surface area contributed by atoms with Gasteiger partial charge in [-0.25, -0.2) is 4.98 Å². The van der Waals surface area contributed by atoms with Crippen LogP contribution in [0.5, 0.6) is 5.75 Å². The monoisotopic (exact) mass is 299 g/mol. The highest BCUT2D eigenvalue weighted by Gasteiger charge is 2.07. The fourth-order valence-electron chi connectivity index (χ4n) is 1.61. The number of aromatic nitrogens is 1. The molecular weight excluding hydrogens is 286 g/mol. The molecule has 1 aromatic heterocycles. The van der Waals surface area contributed by atoms with E-state index in [4.69, 9.17) is 16.3 Å². The number of thiol groups is 1. The Labute approximate surface area is 121 Å². The van der Waals surface area contributed by atoms with Crippen molar-refractivity contribution in [3.8, 4) is 5.75 Å². The quantitative estimate of drug-likeness (QED) is 0.844. The second-order valence-corrected chi connectivity index (χ2v) is 5.89. The van der Waals surface area contributed by atoms with Crippen molar-refractivity contribution in [1.29, 1.82) is 0 Å². The van der Waals surface area contributed by atoms with Crippen LogP contribution >= 0.6 is 35.6 Å². The zero-order valence-electron chi connectivity index (χ0n) is 10.2. The molecule has 0 aliphatic carbocycles. The summed E-state index contributed by atoms with van der Waals surface area (Å²) in [6.07, 6.45) is 0. The molecule has 0 atom stereocenters. The van der Waals surface area contributed by atoms with Gasteiger partial charge in [0.1, 0.15) is 17.4 Å². The number of ether oxygens (including phenoxy) is 1. The molecule has 0 N–H and O–H groups in total. The summed E-state index contributed by atoms with van der Waals surface area (Å²) in [6.45, 7) is 4.47. The van der Waals surface area contributed by atoms with Crippen molar-refractivity contribution >= 4 is 35.6 Å². The second-order valence-electron chi connectivity index (χ2n) is 3.97. The Kier molecular flexibility index (Phi) is 4.54. The van der Waals surface area contributed by atoms with Crippen LogP contribution < -0.4 is 4.74 Å². The average Bonchev–Trinajstić information content (AvgIpc) is 2.69. The Bertz CT molecular complexity index is 554. The fourth-order valence-corrected chi connectivity index (χ4v) is 3.10. The molecule has 0 amide bonds. The summed E-state index contributed by atoms with van der Waals surface area (Å²) in [7, 11) is 0. The molecule has 0 fully saturated rings. The van der Waals surface area contributed by atoms with Gasteiger partial charge in [0.15, 0.2) is 0 Å². The van der Waals surface area contributed by atoms with Crippen molar-refractivity contribution < 1.29 is 4.74 Å². The maximum atomic E-state index is 5.90. The number of rotatable bonds is 4. The minimum atomic E-state index is 0.488. The van der Waals surface area contributed by atoms with Gasteiger partial charge >= 0.3 is 0 Å². The lowest BCUT2D eigenvalue weighted by Crippen LogP contribution is -1.96. The SMILES string of the molecule is Cc1cc(Cl)ccc1OCc1nc(C)c(CS)s1. The third-order valence-electron chi connectivity index (χ3n) is 2.57. The number of hydrogen-bond acceptors (Lipinski definition) is 4. The highest BCUT2D eigenvalue weighted by Crippen LogP contribution is 2.25. The number of aryl methyl sites for hydroxylation is 2. The normalized spacial score (nSPS) is 10.7. The predicted molar refractivity (Wildman–Crippen MR) is 80.1 cm³/mol. The summed E-state index contributed by atoms with van der Waals surface area (Å²) >= 11 is 11.8. The van der Waals surface area contributed by atoms with Crippen LogP contribution in [0.25, 0.3) is 0 Å². The van der Waals surface area contributed by atoms with E-state index < -0.39 is 0 Å². The van der Waals surface area contributed by atoms with Gasteiger partial charge in [0.05, 0.1) is 5.69 Å². The molecule has 0 saturated carbocycles. The van der Waals surface area contributed by atoms with E-state index in [-0.39, 0.29) is 0 Å². The first-order valence-electron chi connectivity index (χ1n) is 5.55.